The Morgan fingerprint density at radius 2 is 1.67 bits per heavy atom. The van der Waals surface area contributed by atoms with Crippen LogP contribution >= 0.6 is 0 Å². The molecule has 2 rings (SSSR count). The molecule has 5 nitrogen and oxygen atoms in total. The zero-order valence-electron chi connectivity index (χ0n) is 15.6. The van der Waals surface area contributed by atoms with Gasteiger partial charge < -0.3 is 20.4 Å². The molecule has 27 heavy (non-hydrogen) atoms. The largest absolute Gasteiger partial charge is 0.481 e. The maximum atomic E-state index is 13.8. The Bertz CT molecular complexity index is 594. The van der Waals surface area contributed by atoms with E-state index in [1.54, 1.807) is 18.2 Å². The highest BCUT2D eigenvalue weighted by Gasteiger charge is 2.40. The number of hydrogen-bond acceptors (Lipinski definition) is 4. The number of rotatable bonds is 11. The summed E-state index contributed by atoms with van der Waals surface area (Å²) in [5, 5.41) is 39.5. The first-order chi connectivity index (χ1) is 12.9. The zero-order valence-corrected chi connectivity index (χ0v) is 15.6. The molecule has 0 spiro atoms. The molecule has 1 aromatic carbocycles. The first-order valence-electron chi connectivity index (χ1n) is 9.90. The average Bonchev–Trinajstić information content (AvgIpc) is 2.89. The van der Waals surface area contributed by atoms with Crippen LogP contribution in [0.2, 0.25) is 0 Å². The first kappa shape index (κ1) is 21.8. The van der Waals surface area contributed by atoms with E-state index in [1.807, 2.05) is 0 Å². The molecule has 0 aromatic heterocycles. The second kappa shape index (κ2) is 10.7. The Morgan fingerprint density at radius 3 is 2.33 bits per heavy atom. The third-order valence-electron chi connectivity index (χ3n) is 5.74. The van der Waals surface area contributed by atoms with Crippen LogP contribution in [0.1, 0.15) is 69.5 Å². The van der Waals surface area contributed by atoms with E-state index >= 15 is 0 Å². The molecule has 0 saturated heterocycles. The van der Waals surface area contributed by atoms with Gasteiger partial charge in [0.1, 0.15) is 5.82 Å². The van der Waals surface area contributed by atoms with E-state index in [0.29, 0.717) is 25.7 Å². The minimum atomic E-state index is -0.923. The van der Waals surface area contributed by atoms with E-state index < -0.39 is 30.1 Å². The molecule has 152 valence electrons. The van der Waals surface area contributed by atoms with Crippen LogP contribution in [-0.4, -0.2) is 38.6 Å². The minimum Gasteiger partial charge on any atom is -0.481 e. The Hall–Kier alpha value is -1.50. The van der Waals surface area contributed by atoms with Crippen molar-refractivity contribution in [3.8, 4) is 0 Å². The van der Waals surface area contributed by atoms with E-state index in [9.17, 15) is 24.5 Å². The molecule has 0 bridgehead atoms. The van der Waals surface area contributed by atoms with Crippen LogP contribution in [0.5, 0.6) is 0 Å². The Balaban J connectivity index is 1.80. The molecule has 1 aliphatic carbocycles. The van der Waals surface area contributed by atoms with Crippen molar-refractivity contribution in [3.05, 3.63) is 35.6 Å². The summed E-state index contributed by atoms with van der Waals surface area (Å²) in [5.74, 6) is -1.36. The fourth-order valence-electron chi connectivity index (χ4n) is 4.24. The third-order valence-corrected chi connectivity index (χ3v) is 5.74. The average molecular weight is 382 g/mol. The van der Waals surface area contributed by atoms with Gasteiger partial charge in [0.05, 0.1) is 18.3 Å². The van der Waals surface area contributed by atoms with Crippen molar-refractivity contribution in [2.75, 3.05) is 0 Å². The molecule has 6 heteroatoms. The second-order valence-electron chi connectivity index (χ2n) is 7.66. The van der Waals surface area contributed by atoms with Gasteiger partial charge in [0.15, 0.2) is 0 Å². The van der Waals surface area contributed by atoms with E-state index in [4.69, 9.17) is 5.11 Å². The first-order valence-corrected chi connectivity index (χ1v) is 9.90. The standard InChI is InChI=1S/C21H31FO5/c22-17-9-6-5-8-16(17)18(23)12-11-15-14(19(24)13-20(15)25)7-3-1-2-4-10-21(26)27/h5-6,8-9,14-15,18-20,23-25H,1-4,7,10-13H2,(H,26,27)/t14-,15-,18+,19+,20-/m1/s1. The number of benzene rings is 1. The van der Waals surface area contributed by atoms with Crippen LogP contribution in [0, 0.1) is 17.7 Å². The Labute approximate surface area is 159 Å². The summed E-state index contributed by atoms with van der Waals surface area (Å²) in [7, 11) is 0. The molecule has 0 amide bonds. The summed E-state index contributed by atoms with van der Waals surface area (Å²) in [6.45, 7) is 0. The molecule has 0 heterocycles. The minimum absolute atomic E-state index is 0.0349. The van der Waals surface area contributed by atoms with Crippen molar-refractivity contribution in [1.29, 1.82) is 0 Å². The van der Waals surface area contributed by atoms with Gasteiger partial charge in [-0.1, -0.05) is 37.5 Å². The predicted molar refractivity (Wildman–Crippen MR) is 99.5 cm³/mol. The number of hydrogen-bond donors (Lipinski definition) is 4. The molecule has 0 aliphatic heterocycles. The molecule has 1 aromatic rings. The zero-order chi connectivity index (χ0) is 19.8. The van der Waals surface area contributed by atoms with E-state index in [1.165, 1.54) is 6.07 Å². The summed E-state index contributed by atoms with van der Waals surface area (Å²) in [6.07, 6.45) is 3.33. The molecule has 5 atom stereocenters. The second-order valence-corrected chi connectivity index (χ2v) is 7.66. The summed E-state index contributed by atoms with van der Waals surface area (Å²) in [6, 6.07) is 6.15. The van der Waals surface area contributed by atoms with Crippen molar-refractivity contribution in [2.45, 2.75) is 76.1 Å². The summed E-state index contributed by atoms with van der Waals surface area (Å²) >= 11 is 0. The van der Waals surface area contributed by atoms with Gasteiger partial charge in [0.25, 0.3) is 0 Å². The van der Waals surface area contributed by atoms with Crippen molar-refractivity contribution in [1.82, 2.24) is 0 Å². The van der Waals surface area contributed by atoms with E-state index in [2.05, 4.69) is 0 Å². The number of carboxylic acid groups (broad SMARTS) is 1. The summed E-state index contributed by atoms with van der Waals surface area (Å²) in [4.78, 5) is 10.5. The molecule has 1 aliphatic rings. The lowest BCUT2D eigenvalue weighted by atomic mass is 9.84. The van der Waals surface area contributed by atoms with Crippen molar-refractivity contribution < 1.29 is 29.6 Å². The van der Waals surface area contributed by atoms with E-state index in [-0.39, 0.29) is 23.8 Å². The van der Waals surface area contributed by atoms with Crippen LogP contribution in [0.15, 0.2) is 24.3 Å². The lowest BCUT2D eigenvalue weighted by molar-refractivity contribution is -0.137. The highest BCUT2D eigenvalue weighted by molar-refractivity contribution is 5.66. The van der Waals surface area contributed by atoms with Crippen LogP contribution in [0.3, 0.4) is 0 Å². The van der Waals surface area contributed by atoms with Gasteiger partial charge >= 0.3 is 5.97 Å². The normalized spacial score (nSPS) is 26.2. The van der Waals surface area contributed by atoms with Crippen LogP contribution in [0.4, 0.5) is 4.39 Å². The molecule has 1 fully saturated rings. The number of aliphatic carboxylic acids is 1. The monoisotopic (exact) mass is 382 g/mol. The third kappa shape index (κ3) is 6.55. The van der Waals surface area contributed by atoms with Crippen molar-refractivity contribution >= 4 is 5.97 Å². The SMILES string of the molecule is O=C(O)CCCCCC[C@@H]1[C@@H](CC[C@H](O)c2ccccc2F)[C@H](O)C[C@@H]1O. The number of aliphatic hydroxyl groups is 3. The van der Waals surface area contributed by atoms with Crippen molar-refractivity contribution in [3.63, 3.8) is 0 Å². The number of halogens is 1. The van der Waals surface area contributed by atoms with Gasteiger partial charge in [-0.25, -0.2) is 4.39 Å². The number of aliphatic hydroxyl groups excluding tert-OH is 3. The smallest absolute Gasteiger partial charge is 0.303 e. The van der Waals surface area contributed by atoms with Gasteiger partial charge in [-0.15, -0.1) is 0 Å². The molecular weight excluding hydrogens is 351 g/mol. The van der Waals surface area contributed by atoms with Crippen LogP contribution in [0.25, 0.3) is 0 Å². The summed E-state index contributed by atoms with van der Waals surface area (Å²) in [5.41, 5.74) is 0.264. The van der Waals surface area contributed by atoms with Gasteiger partial charge in [0, 0.05) is 12.0 Å². The fraction of sp³-hybridized carbons (Fsp3) is 0.667. The van der Waals surface area contributed by atoms with Crippen molar-refractivity contribution in [2.24, 2.45) is 11.8 Å². The quantitative estimate of drug-likeness (QED) is 0.440. The Kier molecular flexibility index (Phi) is 8.67. The highest BCUT2D eigenvalue weighted by Crippen LogP contribution is 2.40. The Morgan fingerprint density at radius 1 is 1.04 bits per heavy atom. The topological polar surface area (TPSA) is 98.0 Å². The van der Waals surface area contributed by atoms with Gasteiger partial charge in [-0.05, 0) is 50.0 Å². The lowest BCUT2D eigenvalue weighted by Gasteiger charge is -2.24. The van der Waals surface area contributed by atoms with Crippen LogP contribution < -0.4 is 0 Å². The summed E-state index contributed by atoms with van der Waals surface area (Å²) < 4.78 is 13.8. The van der Waals surface area contributed by atoms with Gasteiger partial charge in [0.2, 0.25) is 0 Å². The highest BCUT2D eigenvalue weighted by atomic mass is 19.1. The maximum Gasteiger partial charge on any atom is 0.303 e. The number of unbranched alkanes of at least 4 members (excludes halogenated alkanes) is 3. The number of carboxylic acids is 1. The fourth-order valence-corrected chi connectivity index (χ4v) is 4.24. The molecule has 4 N–H and O–H groups in total. The van der Waals surface area contributed by atoms with Gasteiger partial charge in [-0.2, -0.15) is 0 Å². The van der Waals surface area contributed by atoms with Gasteiger partial charge in [-0.3, -0.25) is 4.79 Å². The molecule has 0 radical (unpaired) electrons. The molecular formula is C21H31FO5. The molecule has 1 saturated carbocycles. The number of carbonyl (C=O) groups is 1. The van der Waals surface area contributed by atoms with E-state index in [0.717, 1.165) is 25.7 Å². The predicted octanol–water partition coefficient (Wildman–Crippen LogP) is 3.42. The molecule has 0 unspecified atom stereocenters. The maximum absolute atomic E-state index is 13.8. The van der Waals surface area contributed by atoms with Crippen LogP contribution in [-0.2, 0) is 4.79 Å². The lowest BCUT2D eigenvalue weighted by Crippen LogP contribution is -2.23.